The molecule has 0 radical (unpaired) electrons. The lowest BCUT2D eigenvalue weighted by atomic mass is 9.77. The highest BCUT2D eigenvalue weighted by Crippen LogP contribution is 2.36. The average Bonchev–Trinajstić information content (AvgIpc) is 2.94. The molecule has 4 amide bonds. The van der Waals surface area contributed by atoms with E-state index in [1.807, 2.05) is 18.2 Å². The van der Waals surface area contributed by atoms with Crippen molar-refractivity contribution in [2.75, 3.05) is 27.3 Å². The molecule has 0 unspecified atom stereocenters. The summed E-state index contributed by atoms with van der Waals surface area (Å²) in [5, 5.41) is 5.61. The minimum atomic E-state index is -0.816. The Morgan fingerprint density at radius 3 is 2.55 bits per heavy atom. The number of nitrogens with one attached hydrogen (secondary N) is 2. The summed E-state index contributed by atoms with van der Waals surface area (Å²) in [5.41, 5.74) is 0.164. The number of hydrogen-bond acceptors (Lipinski definition) is 5. The van der Waals surface area contributed by atoms with Crippen molar-refractivity contribution in [3.63, 3.8) is 0 Å². The molecule has 2 aliphatic rings. The van der Waals surface area contributed by atoms with Gasteiger partial charge < -0.3 is 20.1 Å². The standard InChI is InChI=1S/C21H29N3O5/c1-14-6-9-21(10-7-14)19(26)24(20(27)23-21)13-18(25)22-11-8-15-4-5-16(28-2)17(12-15)29-3/h4-5,12,14H,6-11,13H2,1-3H3,(H,22,25)(H,23,27). The van der Waals surface area contributed by atoms with Gasteiger partial charge in [-0.05, 0) is 55.7 Å². The van der Waals surface area contributed by atoms with E-state index < -0.39 is 11.6 Å². The molecule has 2 fully saturated rings. The number of carbonyl (C=O) groups excluding carboxylic acids is 3. The highest BCUT2D eigenvalue weighted by molar-refractivity contribution is 6.09. The van der Waals surface area contributed by atoms with Crippen LogP contribution in [0.25, 0.3) is 0 Å². The second-order valence-corrected chi connectivity index (χ2v) is 7.88. The molecule has 2 N–H and O–H groups in total. The van der Waals surface area contributed by atoms with Gasteiger partial charge in [0.25, 0.3) is 5.91 Å². The van der Waals surface area contributed by atoms with Crippen molar-refractivity contribution in [3.05, 3.63) is 23.8 Å². The van der Waals surface area contributed by atoms with E-state index in [1.165, 1.54) is 0 Å². The van der Waals surface area contributed by atoms with Crippen LogP contribution in [0.15, 0.2) is 18.2 Å². The van der Waals surface area contributed by atoms with E-state index in [-0.39, 0.29) is 18.4 Å². The summed E-state index contributed by atoms with van der Waals surface area (Å²) >= 11 is 0. The van der Waals surface area contributed by atoms with Gasteiger partial charge in [-0.1, -0.05) is 13.0 Å². The van der Waals surface area contributed by atoms with Crippen LogP contribution in [0.3, 0.4) is 0 Å². The lowest BCUT2D eigenvalue weighted by molar-refractivity contribution is -0.136. The SMILES string of the molecule is COc1ccc(CCNC(=O)CN2C(=O)NC3(CCC(C)CC3)C2=O)cc1OC. The van der Waals surface area contributed by atoms with E-state index in [0.29, 0.717) is 43.2 Å². The molecule has 0 atom stereocenters. The molecule has 1 saturated carbocycles. The molecule has 29 heavy (non-hydrogen) atoms. The molecular formula is C21H29N3O5. The Balaban J connectivity index is 1.51. The van der Waals surface area contributed by atoms with Gasteiger partial charge in [-0.2, -0.15) is 0 Å². The third-order valence-electron chi connectivity index (χ3n) is 5.86. The Hall–Kier alpha value is -2.77. The van der Waals surface area contributed by atoms with Gasteiger partial charge in [0, 0.05) is 6.54 Å². The normalized spacial score (nSPS) is 23.8. The van der Waals surface area contributed by atoms with Crippen LogP contribution in [0.5, 0.6) is 11.5 Å². The molecule has 1 spiro atoms. The predicted molar refractivity (Wildman–Crippen MR) is 107 cm³/mol. The highest BCUT2D eigenvalue weighted by atomic mass is 16.5. The van der Waals surface area contributed by atoms with E-state index in [2.05, 4.69) is 17.6 Å². The molecule has 158 valence electrons. The molecule has 1 aromatic rings. The molecule has 8 nitrogen and oxygen atoms in total. The van der Waals surface area contributed by atoms with Gasteiger partial charge in [-0.25, -0.2) is 4.79 Å². The Kier molecular flexibility index (Phi) is 6.30. The third kappa shape index (κ3) is 4.46. The van der Waals surface area contributed by atoms with Gasteiger partial charge in [0.15, 0.2) is 11.5 Å². The van der Waals surface area contributed by atoms with Gasteiger partial charge in [-0.15, -0.1) is 0 Å². The summed E-state index contributed by atoms with van der Waals surface area (Å²) in [6.07, 6.45) is 3.66. The minimum absolute atomic E-state index is 0.256. The van der Waals surface area contributed by atoms with Crippen LogP contribution in [-0.2, 0) is 16.0 Å². The summed E-state index contributed by atoms with van der Waals surface area (Å²) in [6, 6.07) is 5.10. The first-order valence-electron chi connectivity index (χ1n) is 10.0. The Morgan fingerprint density at radius 2 is 1.90 bits per heavy atom. The number of rotatable bonds is 7. The van der Waals surface area contributed by atoms with E-state index >= 15 is 0 Å². The van der Waals surface area contributed by atoms with Crippen molar-refractivity contribution in [2.24, 2.45) is 5.92 Å². The largest absolute Gasteiger partial charge is 0.493 e. The molecule has 8 heteroatoms. The molecule has 1 aromatic carbocycles. The molecule has 1 aliphatic carbocycles. The van der Waals surface area contributed by atoms with E-state index in [4.69, 9.17) is 9.47 Å². The number of ether oxygens (including phenoxy) is 2. The fraction of sp³-hybridized carbons (Fsp3) is 0.571. The van der Waals surface area contributed by atoms with Crippen LogP contribution >= 0.6 is 0 Å². The minimum Gasteiger partial charge on any atom is -0.493 e. The Labute approximate surface area is 170 Å². The van der Waals surface area contributed by atoms with E-state index in [0.717, 1.165) is 23.3 Å². The summed E-state index contributed by atoms with van der Waals surface area (Å²) < 4.78 is 10.5. The lowest BCUT2D eigenvalue weighted by Crippen LogP contribution is -2.50. The molecule has 0 bridgehead atoms. The molecule has 1 aliphatic heterocycles. The van der Waals surface area contributed by atoms with Crippen LogP contribution in [0.2, 0.25) is 0 Å². The van der Waals surface area contributed by atoms with Crippen LogP contribution < -0.4 is 20.1 Å². The number of hydrogen-bond donors (Lipinski definition) is 2. The highest BCUT2D eigenvalue weighted by Gasteiger charge is 2.52. The number of imide groups is 1. The molecule has 1 heterocycles. The average molecular weight is 403 g/mol. The summed E-state index contributed by atoms with van der Waals surface area (Å²) in [5.74, 6) is 1.20. The van der Waals surface area contributed by atoms with Gasteiger partial charge >= 0.3 is 6.03 Å². The first kappa shape index (κ1) is 21.0. The van der Waals surface area contributed by atoms with Crippen LogP contribution in [0.4, 0.5) is 4.79 Å². The van der Waals surface area contributed by atoms with Crippen molar-refractivity contribution in [3.8, 4) is 11.5 Å². The van der Waals surface area contributed by atoms with Gasteiger partial charge in [0.05, 0.1) is 14.2 Å². The topological polar surface area (TPSA) is 97.0 Å². The zero-order valence-corrected chi connectivity index (χ0v) is 17.2. The smallest absolute Gasteiger partial charge is 0.325 e. The first-order valence-corrected chi connectivity index (χ1v) is 10.0. The van der Waals surface area contributed by atoms with Gasteiger partial charge in [-0.3, -0.25) is 14.5 Å². The van der Waals surface area contributed by atoms with E-state index in [9.17, 15) is 14.4 Å². The second kappa shape index (κ2) is 8.71. The maximum atomic E-state index is 12.8. The van der Waals surface area contributed by atoms with Crippen molar-refractivity contribution in [2.45, 2.75) is 44.6 Å². The molecule has 3 rings (SSSR count). The van der Waals surface area contributed by atoms with Gasteiger partial charge in [0.2, 0.25) is 5.91 Å². The maximum absolute atomic E-state index is 12.8. The fourth-order valence-corrected chi connectivity index (χ4v) is 4.00. The Bertz CT molecular complexity index is 787. The van der Waals surface area contributed by atoms with E-state index in [1.54, 1.807) is 14.2 Å². The third-order valence-corrected chi connectivity index (χ3v) is 5.86. The van der Waals surface area contributed by atoms with Gasteiger partial charge in [0.1, 0.15) is 12.1 Å². The number of amides is 4. The Morgan fingerprint density at radius 1 is 1.21 bits per heavy atom. The van der Waals surface area contributed by atoms with Crippen LogP contribution in [0.1, 0.15) is 38.2 Å². The summed E-state index contributed by atoms with van der Waals surface area (Å²) in [7, 11) is 3.15. The van der Waals surface area contributed by atoms with Crippen LogP contribution in [0, 0.1) is 5.92 Å². The predicted octanol–water partition coefficient (Wildman–Crippen LogP) is 1.86. The molecule has 0 aromatic heterocycles. The zero-order valence-electron chi connectivity index (χ0n) is 17.2. The second-order valence-electron chi connectivity index (χ2n) is 7.88. The van der Waals surface area contributed by atoms with Crippen molar-refractivity contribution >= 4 is 17.8 Å². The molecular weight excluding hydrogens is 374 g/mol. The number of carbonyl (C=O) groups is 3. The number of benzene rings is 1. The molecule has 1 saturated heterocycles. The number of nitrogens with zero attached hydrogens (tertiary/aromatic N) is 1. The maximum Gasteiger partial charge on any atom is 0.325 e. The zero-order chi connectivity index (χ0) is 21.0. The lowest BCUT2D eigenvalue weighted by Gasteiger charge is -2.33. The summed E-state index contributed by atoms with van der Waals surface area (Å²) in [4.78, 5) is 38.4. The van der Waals surface area contributed by atoms with Crippen molar-refractivity contribution in [1.29, 1.82) is 0 Å². The number of urea groups is 1. The first-order chi connectivity index (χ1) is 13.9. The monoisotopic (exact) mass is 403 g/mol. The number of methoxy groups -OCH3 is 2. The van der Waals surface area contributed by atoms with Crippen molar-refractivity contribution in [1.82, 2.24) is 15.5 Å². The fourth-order valence-electron chi connectivity index (χ4n) is 4.00. The quantitative estimate of drug-likeness (QED) is 0.678. The van der Waals surface area contributed by atoms with Crippen molar-refractivity contribution < 1.29 is 23.9 Å². The summed E-state index contributed by atoms with van der Waals surface area (Å²) in [6.45, 7) is 2.28. The van der Waals surface area contributed by atoms with Crippen LogP contribution in [-0.4, -0.2) is 55.6 Å².